The minimum absolute atomic E-state index is 0.0760. The van der Waals surface area contributed by atoms with Crippen molar-refractivity contribution >= 4 is 12.1 Å². The maximum Gasteiger partial charge on any atom is 0.407 e. The van der Waals surface area contributed by atoms with Gasteiger partial charge in [0.15, 0.2) is 0 Å². The zero-order valence-corrected chi connectivity index (χ0v) is 8.94. The molecule has 3 N–H and O–H groups in total. The highest BCUT2D eigenvalue weighted by atomic mass is 16.5. The molecule has 0 aromatic carbocycles. The molecule has 6 heteroatoms. The molecule has 1 aliphatic rings. The van der Waals surface area contributed by atoms with Crippen LogP contribution in [0.15, 0.2) is 12.7 Å². The van der Waals surface area contributed by atoms with Crippen molar-refractivity contribution in [2.45, 2.75) is 24.9 Å². The number of hydrogen-bond donors (Lipinski definition) is 3. The molecule has 2 unspecified atom stereocenters. The van der Waals surface area contributed by atoms with E-state index in [-0.39, 0.29) is 12.6 Å². The molecule has 1 saturated heterocycles. The van der Waals surface area contributed by atoms with Crippen molar-refractivity contribution in [3.8, 4) is 0 Å². The van der Waals surface area contributed by atoms with E-state index in [1.165, 1.54) is 6.08 Å². The minimum atomic E-state index is -0.854. The summed E-state index contributed by atoms with van der Waals surface area (Å²) in [5, 5.41) is 14.2. The molecule has 0 aliphatic carbocycles. The van der Waals surface area contributed by atoms with Crippen LogP contribution in [-0.2, 0) is 9.53 Å². The molecule has 1 rings (SSSR count). The number of piperidine rings is 1. The van der Waals surface area contributed by atoms with Crippen LogP contribution in [0.4, 0.5) is 4.79 Å². The van der Waals surface area contributed by atoms with Crippen LogP contribution in [0.2, 0.25) is 0 Å². The van der Waals surface area contributed by atoms with Crippen LogP contribution in [0.25, 0.3) is 0 Å². The van der Waals surface area contributed by atoms with Gasteiger partial charge < -0.3 is 20.5 Å². The predicted molar refractivity (Wildman–Crippen MR) is 57.1 cm³/mol. The Bertz CT molecular complexity index is 272. The Morgan fingerprint density at radius 2 is 2.31 bits per heavy atom. The fourth-order valence-electron chi connectivity index (χ4n) is 1.53. The van der Waals surface area contributed by atoms with Crippen LogP contribution < -0.4 is 10.6 Å². The topological polar surface area (TPSA) is 87.7 Å². The molecule has 0 aromatic heterocycles. The third-order valence-electron chi connectivity index (χ3n) is 2.37. The molecule has 2 atom stereocenters. The number of hydrogen-bond acceptors (Lipinski definition) is 4. The second-order valence-electron chi connectivity index (χ2n) is 3.60. The van der Waals surface area contributed by atoms with E-state index >= 15 is 0 Å². The fraction of sp³-hybridized carbons (Fsp3) is 0.600. The number of ether oxygens (including phenoxy) is 1. The Balaban J connectivity index is 2.23. The van der Waals surface area contributed by atoms with Gasteiger partial charge in [0.1, 0.15) is 12.6 Å². The SMILES string of the molecule is C=CCOC(=O)NC1CCC(C(=O)O)NC1. The summed E-state index contributed by atoms with van der Waals surface area (Å²) >= 11 is 0. The number of carboxylic acid groups (broad SMARTS) is 1. The number of amides is 1. The van der Waals surface area contributed by atoms with E-state index in [1.807, 2.05) is 0 Å². The highest BCUT2D eigenvalue weighted by molar-refractivity contribution is 5.73. The Labute approximate surface area is 93.7 Å². The number of alkyl carbamates (subject to hydrolysis) is 1. The van der Waals surface area contributed by atoms with E-state index in [2.05, 4.69) is 17.2 Å². The van der Waals surface area contributed by atoms with Crippen molar-refractivity contribution in [3.63, 3.8) is 0 Å². The van der Waals surface area contributed by atoms with Gasteiger partial charge >= 0.3 is 12.1 Å². The summed E-state index contributed by atoms with van der Waals surface area (Å²) < 4.78 is 4.76. The van der Waals surface area contributed by atoms with Crippen LogP contribution in [0.1, 0.15) is 12.8 Å². The quantitative estimate of drug-likeness (QED) is 0.594. The summed E-state index contributed by atoms with van der Waals surface area (Å²) in [5.74, 6) is -0.854. The van der Waals surface area contributed by atoms with Crippen molar-refractivity contribution < 1.29 is 19.4 Å². The summed E-state index contributed by atoms with van der Waals surface area (Å²) in [7, 11) is 0. The molecule has 6 nitrogen and oxygen atoms in total. The van der Waals surface area contributed by atoms with Gasteiger partial charge in [0.25, 0.3) is 0 Å². The number of carboxylic acids is 1. The predicted octanol–water partition coefficient (Wildman–Crippen LogP) is 0.104. The molecule has 1 aliphatic heterocycles. The van der Waals surface area contributed by atoms with Gasteiger partial charge in [-0.25, -0.2) is 4.79 Å². The van der Waals surface area contributed by atoms with E-state index in [9.17, 15) is 9.59 Å². The number of carbonyl (C=O) groups is 2. The number of aliphatic carboxylic acids is 1. The van der Waals surface area contributed by atoms with Gasteiger partial charge in [0.05, 0.1) is 0 Å². The third-order valence-corrected chi connectivity index (χ3v) is 2.37. The third kappa shape index (κ3) is 3.90. The van der Waals surface area contributed by atoms with E-state index < -0.39 is 18.1 Å². The highest BCUT2D eigenvalue weighted by Crippen LogP contribution is 2.08. The molecular weight excluding hydrogens is 212 g/mol. The monoisotopic (exact) mass is 228 g/mol. The van der Waals surface area contributed by atoms with Crippen molar-refractivity contribution in [2.24, 2.45) is 0 Å². The summed E-state index contributed by atoms with van der Waals surface area (Å²) in [6.07, 6.45) is 2.12. The summed E-state index contributed by atoms with van der Waals surface area (Å²) in [4.78, 5) is 21.8. The molecule has 16 heavy (non-hydrogen) atoms. The van der Waals surface area contributed by atoms with E-state index in [0.717, 1.165) is 0 Å². The highest BCUT2D eigenvalue weighted by Gasteiger charge is 2.26. The maximum absolute atomic E-state index is 11.2. The maximum atomic E-state index is 11.2. The smallest absolute Gasteiger partial charge is 0.407 e. The second-order valence-corrected chi connectivity index (χ2v) is 3.60. The summed E-state index contributed by atoms with van der Waals surface area (Å²) in [6, 6.07) is -0.588. The summed E-state index contributed by atoms with van der Waals surface area (Å²) in [5.41, 5.74) is 0. The molecule has 90 valence electrons. The van der Waals surface area contributed by atoms with Crippen molar-refractivity contribution in [1.29, 1.82) is 0 Å². The molecule has 1 fully saturated rings. The lowest BCUT2D eigenvalue weighted by Crippen LogP contribution is -2.52. The van der Waals surface area contributed by atoms with Crippen LogP contribution in [-0.4, -0.2) is 42.4 Å². The Morgan fingerprint density at radius 1 is 1.56 bits per heavy atom. The lowest BCUT2D eigenvalue weighted by molar-refractivity contribution is -0.140. The molecule has 0 bridgehead atoms. The average Bonchev–Trinajstić information content (AvgIpc) is 2.27. The Kier molecular flexibility index (Phi) is 4.78. The standard InChI is InChI=1S/C10H16N2O4/c1-2-5-16-10(15)12-7-3-4-8(9(13)14)11-6-7/h2,7-8,11H,1,3-6H2,(H,12,15)(H,13,14). The second kappa shape index (κ2) is 6.12. The number of nitrogens with one attached hydrogen (secondary N) is 2. The van der Waals surface area contributed by atoms with E-state index in [1.54, 1.807) is 0 Å². The first-order chi connectivity index (χ1) is 7.63. The lowest BCUT2D eigenvalue weighted by Gasteiger charge is -2.27. The molecule has 0 saturated carbocycles. The van der Waals surface area contributed by atoms with Gasteiger partial charge in [-0.3, -0.25) is 4.79 Å². The van der Waals surface area contributed by atoms with Crippen molar-refractivity contribution in [1.82, 2.24) is 10.6 Å². The van der Waals surface area contributed by atoms with Gasteiger partial charge in [-0.2, -0.15) is 0 Å². The van der Waals surface area contributed by atoms with Gasteiger partial charge in [0, 0.05) is 12.6 Å². The fourth-order valence-corrected chi connectivity index (χ4v) is 1.53. The van der Waals surface area contributed by atoms with Gasteiger partial charge in [-0.05, 0) is 12.8 Å². The molecule has 1 heterocycles. The average molecular weight is 228 g/mol. The molecule has 0 spiro atoms. The molecule has 0 radical (unpaired) electrons. The minimum Gasteiger partial charge on any atom is -0.480 e. The van der Waals surface area contributed by atoms with Crippen LogP contribution in [0.3, 0.4) is 0 Å². The molecular formula is C10H16N2O4. The first kappa shape index (κ1) is 12.5. The van der Waals surface area contributed by atoms with Crippen molar-refractivity contribution in [3.05, 3.63) is 12.7 Å². The van der Waals surface area contributed by atoms with Crippen LogP contribution >= 0.6 is 0 Å². The zero-order chi connectivity index (χ0) is 12.0. The van der Waals surface area contributed by atoms with E-state index in [4.69, 9.17) is 9.84 Å². The largest absolute Gasteiger partial charge is 0.480 e. The number of carbonyl (C=O) groups excluding carboxylic acids is 1. The Morgan fingerprint density at radius 3 is 2.81 bits per heavy atom. The normalized spacial score (nSPS) is 24.5. The summed E-state index contributed by atoms with van der Waals surface area (Å²) in [6.45, 7) is 4.04. The van der Waals surface area contributed by atoms with Gasteiger partial charge in [0.2, 0.25) is 0 Å². The first-order valence-electron chi connectivity index (χ1n) is 5.14. The van der Waals surface area contributed by atoms with Crippen molar-refractivity contribution in [2.75, 3.05) is 13.2 Å². The van der Waals surface area contributed by atoms with Crippen LogP contribution in [0, 0.1) is 0 Å². The molecule has 1 amide bonds. The molecule has 0 aromatic rings. The van der Waals surface area contributed by atoms with E-state index in [0.29, 0.717) is 19.4 Å². The zero-order valence-electron chi connectivity index (χ0n) is 8.94. The van der Waals surface area contributed by atoms with Gasteiger partial charge in [-0.1, -0.05) is 12.7 Å². The first-order valence-corrected chi connectivity index (χ1v) is 5.14. The number of rotatable bonds is 4. The van der Waals surface area contributed by atoms with Crippen LogP contribution in [0.5, 0.6) is 0 Å². The Hall–Kier alpha value is -1.56. The van der Waals surface area contributed by atoms with Gasteiger partial charge in [-0.15, -0.1) is 0 Å². The lowest BCUT2D eigenvalue weighted by atomic mass is 10.0.